The van der Waals surface area contributed by atoms with Gasteiger partial charge in [-0.2, -0.15) is 4.98 Å². The molecule has 0 bridgehead atoms. The summed E-state index contributed by atoms with van der Waals surface area (Å²) in [7, 11) is -3.80. The Morgan fingerprint density at radius 3 is 2.63 bits per heavy atom. The second-order valence-corrected chi connectivity index (χ2v) is 12.1. The first-order valence-corrected chi connectivity index (χ1v) is 14.8. The Morgan fingerprint density at radius 1 is 1.18 bits per heavy atom. The van der Waals surface area contributed by atoms with Crippen molar-refractivity contribution in [3.05, 3.63) is 41.7 Å². The zero-order valence-corrected chi connectivity index (χ0v) is 23.1. The van der Waals surface area contributed by atoms with Crippen LogP contribution in [0, 0.1) is 0 Å². The number of carbonyl (C=O) groups excluding carboxylic acids is 1. The predicted octanol–water partition coefficient (Wildman–Crippen LogP) is 4.51. The van der Waals surface area contributed by atoms with Crippen molar-refractivity contribution in [3.63, 3.8) is 0 Å². The summed E-state index contributed by atoms with van der Waals surface area (Å²) >= 11 is 1.49. The van der Waals surface area contributed by atoms with Gasteiger partial charge in [-0.15, -0.1) is 11.3 Å². The molecule has 13 heteroatoms. The summed E-state index contributed by atoms with van der Waals surface area (Å²) in [6.07, 6.45) is 5.97. The molecule has 4 rings (SSSR count). The van der Waals surface area contributed by atoms with Crippen molar-refractivity contribution in [2.45, 2.75) is 69.4 Å². The van der Waals surface area contributed by atoms with E-state index in [2.05, 4.69) is 30.3 Å². The van der Waals surface area contributed by atoms with Crippen LogP contribution in [0.2, 0.25) is 0 Å². The van der Waals surface area contributed by atoms with Gasteiger partial charge in [0.15, 0.2) is 0 Å². The number of nitrogens with zero attached hydrogens (tertiary/aromatic N) is 3. The second kappa shape index (κ2) is 12.0. The largest absolute Gasteiger partial charge is 0.479 e. The highest BCUT2D eigenvalue weighted by atomic mass is 32.2. The van der Waals surface area contributed by atoms with Crippen LogP contribution in [0.1, 0.15) is 57.4 Å². The molecule has 3 aromatic rings. The zero-order chi connectivity index (χ0) is 27.3. The van der Waals surface area contributed by atoms with Crippen molar-refractivity contribution in [3.8, 4) is 16.5 Å². The van der Waals surface area contributed by atoms with Gasteiger partial charge in [0.05, 0.1) is 20.9 Å². The highest BCUT2D eigenvalue weighted by molar-refractivity contribution is 7.89. The number of hydrogen-bond acceptors (Lipinski definition) is 10. The number of sulfonamides is 1. The van der Waals surface area contributed by atoms with Crippen LogP contribution in [-0.4, -0.2) is 53.3 Å². The van der Waals surface area contributed by atoms with Gasteiger partial charge in [0, 0.05) is 42.1 Å². The van der Waals surface area contributed by atoms with E-state index in [9.17, 15) is 18.3 Å². The summed E-state index contributed by atoms with van der Waals surface area (Å²) < 4.78 is 34.0. The smallest absolute Gasteiger partial charge is 0.407 e. The number of hydrogen-bond donors (Lipinski definition) is 4. The summed E-state index contributed by atoms with van der Waals surface area (Å²) in [5, 5.41) is 16.4. The average molecular weight is 561 g/mol. The lowest BCUT2D eigenvalue weighted by Crippen LogP contribution is -2.38. The van der Waals surface area contributed by atoms with Crippen LogP contribution >= 0.6 is 11.3 Å². The highest BCUT2D eigenvalue weighted by Gasteiger charge is 2.27. The molecule has 2 heterocycles. The molecule has 11 nitrogen and oxygen atoms in total. The van der Waals surface area contributed by atoms with Crippen molar-refractivity contribution in [2.24, 2.45) is 0 Å². The van der Waals surface area contributed by atoms with E-state index in [0.717, 1.165) is 35.6 Å². The van der Waals surface area contributed by atoms with E-state index in [4.69, 9.17) is 4.74 Å². The molecule has 1 aliphatic carbocycles. The second-order valence-electron chi connectivity index (χ2n) is 9.29. The minimum Gasteiger partial charge on any atom is -0.479 e. The fourth-order valence-corrected chi connectivity index (χ4v) is 6.84. The fourth-order valence-electron chi connectivity index (χ4n) is 4.36. The number of rotatable bonds is 9. The number of nitrogens with one attached hydrogen (secondary N) is 3. The minimum absolute atomic E-state index is 0.0747. The monoisotopic (exact) mass is 560 g/mol. The van der Waals surface area contributed by atoms with Crippen LogP contribution in [0.5, 0.6) is 6.01 Å². The van der Waals surface area contributed by atoms with Gasteiger partial charge in [0.25, 0.3) is 0 Å². The highest BCUT2D eigenvalue weighted by Crippen LogP contribution is 2.40. The van der Waals surface area contributed by atoms with Gasteiger partial charge in [-0.1, -0.05) is 13.0 Å². The molecule has 1 aliphatic rings. The Labute approximate surface area is 226 Å². The average Bonchev–Trinajstić information content (AvgIpc) is 3.34. The van der Waals surface area contributed by atoms with Crippen LogP contribution in [0.15, 0.2) is 41.6 Å². The quantitative estimate of drug-likeness (QED) is 0.296. The van der Waals surface area contributed by atoms with Crippen molar-refractivity contribution >= 4 is 39.0 Å². The standard InChI is InChI=1S/C25H32N6O5S2/c1-4-28-38(34,35)21-13-18(29-22-11-12-26-24(32)31-22)9-10-19(21)20-14-27-23(37-20)16-5-7-17(8-6-16)30-25(33)36-15(2)3/h9-17,28H,4-8H2,1-3H3,(H,30,33)(H2,26,29,31,32). The first-order chi connectivity index (χ1) is 18.1. The third kappa shape index (κ3) is 6.97. The van der Waals surface area contributed by atoms with E-state index in [1.165, 1.54) is 17.5 Å². The van der Waals surface area contributed by atoms with Gasteiger partial charge in [-0.3, -0.25) is 0 Å². The third-order valence-corrected chi connectivity index (χ3v) is 8.83. The molecule has 0 spiro atoms. The van der Waals surface area contributed by atoms with Gasteiger partial charge in [0.2, 0.25) is 10.0 Å². The number of aromatic nitrogens is 3. The van der Waals surface area contributed by atoms with Gasteiger partial charge < -0.3 is 20.5 Å². The Hall–Kier alpha value is -3.29. The van der Waals surface area contributed by atoms with Crippen molar-refractivity contribution in [2.75, 3.05) is 11.9 Å². The molecule has 38 heavy (non-hydrogen) atoms. The molecule has 2 aromatic heterocycles. The molecule has 0 radical (unpaired) electrons. The van der Waals surface area contributed by atoms with E-state index < -0.39 is 10.0 Å². The van der Waals surface area contributed by atoms with E-state index >= 15 is 0 Å². The lowest BCUT2D eigenvalue weighted by Gasteiger charge is -2.28. The molecule has 1 aromatic carbocycles. The van der Waals surface area contributed by atoms with Crippen LogP contribution < -0.4 is 15.4 Å². The number of alkyl carbamates (subject to hydrolysis) is 1. The molecule has 1 amide bonds. The number of ether oxygens (including phenoxy) is 1. The lowest BCUT2D eigenvalue weighted by molar-refractivity contribution is 0.109. The van der Waals surface area contributed by atoms with Gasteiger partial charge >= 0.3 is 12.1 Å². The molecule has 204 valence electrons. The summed E-state index contributed by atoms with van der Waals surface area (Å²) in [6.45, 7) is 5.61. The van der Waals surface area contributed by atoms with E-state index in [1.807, 2.05) is 13.8 Å². The molecule has 1 saturated carbocycles. The number of amides is 1. The zero-order valence-electron chi connectivity index (χ0n) is 21.5. The van der Waals surface area contributed by atoms with Crippen LogP contribution in [-0.2, 0) is 14.8 Å². The van der Waals surface area contributed by atoms with Crippen molar-refractivity contribution < 1.29 is 23.1 Å². The maximum atomic E-state index is 13.1. The maximum Gasteiger partial charge on any atom is 0.407 e. The number of aromatic hydroxyl groups is 1. The molecule has 0 unspecified atom stereocenters. The Morgan fingerprint density at radius 2 is 1.95 bits per heavy atom. The lowest BCUT2D eigenvalue weighted by atomic mass is 9.86. The van der Waals surface area contributed by atoms with Crippen LogP contribution in [0.4, 0.5) is 16.3 Å². The first-order valence-electron chi connectivity index (χ1n) is 12.5. The number of carbonyl (C=O) groups is 1. The molecule has 1 fully saturated rings. The van der Waals surface area contributed by atoms with E-state index in [1.54, 1.807) is 37.4 Å². The normalized spacial score (nSPS) is 17.8. The SMILES string of the molecule is CCNS(=O)(=O)c1cc(Nc2ccnc(O)n2)ccc1-c1cnc(C2CCC(NC(=O)OC(C)C)CC2)s1. The molecular formula is C25H32N6O5S2. The summed E-state index contributed by atoms with van der Waals surface area (Å²) in [6, 6.07) is 6.30. The number of benzene rings is 1. The molecule has 0 aliphatic heterocycles. The molecule has 0 atom stereocenters. The first kappa shape index (κ1) is 27.7. The molecular weight excluding hydrogens is 528 g/mol. The predicted molar refractivity (Wildman–Crippen MR) is 145 cm³/mol. The molecule has 4 N–H and O–H groups in total. The minimum atomic E-state index is -3.80. The topological polar surface area (TPSA) is 155 Å². The summed E-state index contributed by atoms with van der Waals surface area (Å²) in [5.41, 5.74) is 1.05. The van der Waals surface area contributed by atoms with Gasteiger partial charge in [-0.05, 0) is 57.7 Å². The van der Waals surface area contributed by atoms with E-state index in [0.29, 0.717) is 17.1 Å². The van der Waals surface area contributed by atoms with Gasteiger partial charge in [0.1, 0.15) is 5.82 Å². The van der Waals surface area contributed by atoms with Gasteiger partial charge in [-0.25, -0.2) is 27.9 Å². The Kier molecular flexibility index (Phi) is 8.80. The fraction of sp³-hybridized carbons (Fsp3) is 0.440. The Bertz CT molecular complexity index is 1370. The number of thiazole rings is 1. The number of anilines is 2. The third-order valence-electron chi connectivity index (χ3n) is 6.05. The molecule has 0 saturated heterocycles. The maximum absolute atomic E-state index is 13.1. The van der Waals surface area contributed by atoms with Crippen molar-refractivity contribution in [1.82, 2.24) is 25.0 Å². The van der Waals surface area contributed by atoms with Crippen molar-refractivity contribution in [1.29, 1.82) is 0 Å². The van der Waals surface area contributed by atoms with Crippen LogP contribution in [0.25, 0.3) is 10.4 Å². The summed E-state index contributed by atoms with van der Waals surface area (Å²) in [4.78, 5) is 25.0. The van der Waals surface area contributed by atoms with E-state index in [-0.39, 0.29) is 41.6 Å². The Balaban J connectivity index is 1.53. The summed E-state index contributed by atoms with van der Waals surface area (Å²) in [5.74, 6) is 0.577. The van der Waals surface area contributed by atoms with Crippen LogP contribution in [0.3, 0.4) is 0 Å².